The number of nitrogens with one attached hydrogen (secondary N) is 2. The van der Waals surface area contributed by atoms with Crippen LogP contribution in [0.3, 0.4) is 0 Å². The lowest BCUT2D eigenvalue weighted by Gasteiger charge is -2.12. The van der Waals surface area contributed by atoms with Gasteiger partial charge in [0.15, 0.2) is 0 Å². The second kappa shape index (κ2) is 7.52. The molecule has 0 aliphatic carbocycles. The van der Waals surface area contributed by atoms with Crippen LogP contribution in [-0.4, -0.2) is 22.7 Å². The van der Waals surface area contributed by atoms with Crippen molar-refractivity contribution in [3.05, 3.63) is 77.1 Å². The van der Waals surface area contributed by atoms with Gasteiger partial charge in [-0.1, -0.05) is 24.3 Å². The number of anilines is 1. The Bertz CT molecular complexity index is 826. The minimum atomic E-state index is -0.678. The monoisotopic (exact) mass is 326 g/mol. The normalized spacial score (nSPS) is 11.9. The molecule has 6 heteroatoms. The summed E-state index contributed by atoms with van der Waals surface area (Å²) in [6.07, 6.45) is 1.04. The van der Waals surface area contributed by atoms with Gasteiger partial charge in [0.05, 0.1) is 6.10 Å². The lowest BCUT2D eigenvalue weighted by molar-refractivity contribution is 0.179. The number of H-pyrrole nitrogens is 1. The Morgan fingerprint density at radius 2 is 1.92 bits per heavy atom. The zero-order valence-electron chi connectivity index (χ0n) is 12.9. The van der Waals surface area contributed by atoms with E-state index in [4.69, 9.17) is 9.15 Å². The molecule has 6 nitrogen and oxygen atoms in total. The first kappa shape index (κ1) is 15.9. The van der Waals surface area contributed by atoms with Crippen LogP contribution in [0.15, 0.2) is 70.0 Å². The first-order valence-corrected chi connectivity index (χ1v) is 7.61. The first-order valence-electron chi connectivity index (χ1n) is 7.61. The Labute approximate surface area is 138 Å². The van der Waals surface area contributed by atoms with E-state index in [9.17, 15) is 9.90 Å². The van der Waals surface area contributed by atoms with Crippen molar-refractivity contribution in [1.82, 2.24) is 4.98 Å². The standard InChI is InChI=1S/C18H18N2O4/c21-14(10-17-12-20-18(22)24-17)11-19-13-5-4-8-16(9-13)23-15-6-2-1-3-7-15/h1-9,12,14,19,21H,10-11H2,(H,20,22). The van der Waals surface area contributed by atoms with Crippen LogP contribution in [0, 0.1) is 0 Å². The summed E-state index contributed by atoms with van der Waals surface area (Å²) in [6, 6.07) is 17.0. The van der Waals surface area contributed by atoms with Crippen molar-refractivity contribution in [2.75, 3.05) is 11.9 Å². The predicted molar refractivity (Wildman–Crippen MR) is 90.5 cm³/mol. The van der Waals surface area contributed by atoms with E-state index in [0.717, 1.165) is 11.4 Å². The number of ether oxygens (including phenoxy) is 1. The van der Waals surface area contributed by atoms with E-state index < -0.39 is 11.9 Å². The van der Waals surface area contributed by atoms with Crippen molar-refractivity contribution in [3.63, 3.8) is 0 Å². The summed E-state index contributed by atoms with van der Waals surface area (Å²) in [5.41, 5.74) is 0.831. The number of rotatable bonds is 7. The molecule has 0 bridgehead atoms. The molecule has 1 unspecified atom stereocenters. The maximum absolute atomic E-state index is 10.9. The number of hydrogen-bond donors (Lipinski definition) is 3. The molecule has 2 aromatic carbocycles. The third-order valence-corrected chi connectivity index (χ3v) is 3.37. The van der Waals surface area contributed by atoms with E-state index in [0.29, 0.717) is 18.1 Å². The SMILES string of the molecule is O=c1[nH]cc(CC(O)CNc2cccc(Oc3ccccc3)c2)o1. The number of aliphatic hydroxyl groups is 1. The van der Waals surface area contributed by atoms with E-state index in [1.54, 1.807) is 0 Å². The predicted octanol–water partition coefficient (Wildman–Crippen LogP) is 2.78. The Morgan fingerprint density at radius 3 is 2.67 bits per heavy atom. The van der Waals surface area contributed by atoms with Crippen LogP contribution < -0.4 is 15.8 Å². The molecule has 3 N–H and O–H groups in total. The maximum atomic E-state index is 10.9. The van der Waals surface area contributed by atoms with Gasteiger partial charge in [-0.3, -0.25) is 4.98 Å². The van der Waals surface area contributed by atoms with Crippen LogP contribution in [0.4, 0.5) is 5.69 Å². The van der Waals surface area contributed by atoms with Crippen molar-refractivity contribution >= 4 is 5.69 Å². The van der Waals surface area contributed by atoms with Gasteiger partial charge in [-0.15, -0.1) is 0 Å². The number of benzene rings is 2. The second-order valence-corrected chi connectivity index (χ2v) is 5.33. The van der Waals surface area contributed by atoms with Crippen molar-refractivity contribution in [2.24, 2.45) is 0 Å². The van der Waals surface area contributed by atoms with Crippen LogP contribution in [-0.2, 0) is 6.42 Å². The highest BCUT2D eigenvalue weighted by Crippen LogP contribution is 2.23. The Morgan fingerprint density at radius 1 is 1.12 bits per heavy atom. The summed E-state index contributed by atoms with van der Waals surface area (Å²) >= 11 is 0. The molecule has 24 heavy (non-hydrogen) atoms. The summed E-state index contributed by atoms with van der Waals surface area (Å²) in [5.74, 6) is 1.38. The van der Waals surface area contributed by atoms with E-state index >= 15 is 0 Å². The summed E-state index contributed by atoms with van der Waals surface area (Å²) < 4.78 is 10.6. The molecule has 3 aromatic rings. The molecule has 0 aliphatic rings. The molecule has 124 valence electrons. The first-order chi connectivity index (χ1) is 11.7. The van der Waals surface area contributed by atoms with E-state index in [-0.39, 0.29) is 6.42 Å². The molecule has 0 aliphatic heterocycles. The molecular formula is C18H18N2O4. The third-order valence-electron chi connectivity index (χ3n) is 3.37. The number of aliphatic hydroxyl groups excluding tert-OH is 1. The second-order valence-electron chi connectivity index (χ2n) is 5.33. The lowest BCUT2D eigenvalue weighted by atomic mass is 10.2. The Balaban J connectivity index is 1.55. The third kappa shape index (κ3) is 4.50. The van der Waals surface area contributed by atoms with Crippen LogP contribution in [0.5, 0.6) is 11.5 Å². The van der Waals surface area contributed by atoms with Gasteiger partial charge >= 0.3 is 5.76 Å². The van der Waals surface area contributed by atoms with Gasteiger partial charge in [-0.05, 0) is 24.3 Å². The molecule has 1 heterocycles. The molecule has 0 fully saturated rings. The number of oxazole rings is 1. The van der Waals surface area contributed by atoms with Crippen molar-refractivity contribution < 1.29 is 14.3 Å². The molecule has 0 radical (unpaired) electrons. The smallest absolute Gasteiger partial charge is 0.416 e. The molecule has 0 saturated carbocycles. The number of hydrogen-bond acceptors (Lipinski definition) is 5. The maximum Gasteiger partial charge on any atom is 0.416 e. The summed E-state index contributed by atoms with van der Waals surface area (Å²) in [4.78, 5) is 13.3. The highest BCUT2D eigenvalue weighted by atomic mass is 16.5. The van der Waals surface area contributed by atoms with Crippen LogP contribution in [0.2, 0.25) is 0 Å². The zero-order valence-corrected chi connectivity index (χ0v) is 12.9. The summed E-state index contributed by atoms with van der Waals surface area (Å²) in [7, 11) is 0. The van der Waals surface area contributed by atoms with Crippen molar-refractivity contribution in [3.8, 4) is 11.5 Å². The van der Waals surface area contributed by atoms with Gasteiger partial charge in [0.1, 0.15) is 17.3 Å². The number of aromatic nitrogens is 1. The fourth-order valence-electron chi connectivity index (χ4n) is 2.25. The van der Waals surface area contributed by atoms with Crippen LogP contribution >= 0.6 is 0 Å². The van der Waals surface area contributed by atoms with Gasteiger partial charge < -0.3 is 19.6 Å². The topological polar surface area (TPSA) is 87.5 Å². The number of para-hydroxylation sites is 1. The fraction of sp³-hybridized carbons (Fsp3) is 0.167. The Kier molecular flexibility index (Phi) is 4.98. The molecule has 0 saturated heterocycles. The van der Waals surface area contributed by atoms with Gasteiger partial charge in [-0.25, -0.2) is 4.79 Å². The highest BCUT2D eigenvalue weighted by molar-refractivity contribution is 5.49. The average molecular weight is 326 g/mol. The lowest BCUT2D eigenvalue weighted by Crippen LogP contribution is -2.21. The van der Waals surface area contributed by atoms with Gasteiger partial charge in [0.2, 0.25) is 0 Å². The highest BCUT2D eigenvalue weighted by Gasteiger charge is 2.09. The molecule has 1 aromatic heterocycles. The van der Waals surface area contributed by atoms with Gasteiger partial charge in [0, 0.05) is 30.9 Å². The van der Waals surface area contributed by atoms with Crippen molar-refractivity contribution in [1.29, 1.82) is 0 Å². The number of aromatic amines is 1. The van der Waals surface area contributed by atoms with Crippen molar-refractivity contribution in [2.45, 2.75) is 12.5 Å². The molecule has 3 rings (SSSR count). The van der Waals surface area contributed by atoms with Crippen LogP contribution in [0.25, 0.3) is 0 Å². The summed E-state index contributed by atoms with van der Waals surface area (Å²) in [6.45, 7) is 0.323. The van der Waals surface area contributed by atoms with Gasteiger partial charge in [0.25, 0.3) is 0 Å². The molecule has 0 amide bonds. The fourth-order valence-corrected chi connectivity index (χ4v) is 2.25. The largest absolute Gasteiger partial charge is 0.457 e. The minimum Gasteiger partial charge on any atom is -0.457 e. The van der Waals surface area contributed by atoms with Gasteiger partial charge in [-0.2, -0.15) is 0 Å². The van der Waals surface area contributed by atoms with E-state index in [1.165, 1.54) is 6.20 Å². The molecule has 1 atom stereocenters. The average Bonchev–Trinajstić information content (AvgIpc) is 2.99. The Hall–Kier alpha value is -2.99. The quantitative estimate of drug-likeness (QED) is 0.621. The molecular weight excluding hydrogens is 308 g/mol. The molecule has 0 spiro atoms. The van der Waals surface area contributed by atoms with E-state index in [2.05, 4.69) is 10.3 Å². The zero-order chi connectivity index (χ0) is 16.8. The minimum absolute atomic E-state index is 0.256. The summed E-state index contributed by atoms with van der Waals surface area (Å²) in [5, 5.41) is 13.1. The van der Waals surface area contributed by atoms with Crippen LogP contribution in [0.1, 0.15) is 5.76 Å². The van der Waals surface area contributed by atoms with E-state index in [1.807, 2.05) is 54.6 Å².